The number of rotatable bonds is 36. The Hall–Kier alpha value is -7.86. The summed E-state index contributed by atoms with van der Waals surface area (Å²) >= 11 is 0. The van der Waals surface area contributed by atoms with Crippen molar-refractivity contribution >= 4 is 60.0 Å². The molecule has 0 aromatic carbocycles. The van der Waals surface area contributed by atoms with E-state index in [2.05, 4.69) is 26.5 Å². The SMILES string of the molecule is C#CCOCCOCCOCCOCCC(=O)N(CCCCNC(=O)O[C@@H]([C@@H]1OC(C(=O)OC)=C[C@H](N=C(N)N)[C@H]1NC(C)=O)[C@H]1COC(=O)O1)CCOCCCC(=O)O[C@@H]([C@@H]1OC(C(=O)OC)=C[C@H](N=C(N)N)[C@H]1C)[C@H]1COC(=O)O1. The Bertz CT molecular complexity index is 2310. The number of hydrogen-bond acceptors (Lipinski definition) is 25. The Labute approximate surface area is 472 Å². The summed E-state index contributed by atoms with van der Waals surface area (Å²) in [6.07, 6.45) is -2.45. The molecular weight excluding hydrogens is 1090 g/mol. The van der Waals surface area contributed by atoms with Gasteiger partial charge in [-0.05, 0) is 31.4 Å². The lowest BCUT2D eigenvalue weighted by molar-refractivity contribution is -0.171. The zero-order valence-corrected chi connectivity index (χ0v) is 46.2. The fourth-order valence-electron chi connectivity index (χ4n) is 8.37. The van der Waals surface area contributed by atoms with Gasteiger partial charge in [-0.25, -0.2) is 34.0 Å². The molecule has 0 aromatic rings. The molecule has 0 aliphatic carbocycles. The van der Waals surface area contributed by atoms with Crippen molar-refractivity contribution in [1.29, 1.82) is 0 Å². The van der Waals surface area contributed by atoms with E-state index < -0.39 is 115 Å². The molecule has 32 nitrogen and oxygen atoms in total. The van der Waals surface area contributed by atoms with Gasteiger partial charge in [0.1, 0.15) is 25.9 Å². The van der Waals surface area contributed by atoms with Crippen molar-refractivity contribution in [2.45, 2.75) is 101 Å². The minimum absolute atomic E-state index is 0.00310. The van der Waals surface area contributed by atoms with Crippen LogP contribution in [0.2, 0.25) is 0 Å². The first-order valence-corrected chi connectivity index (χ1v) is 26.1. The van der Waals surface area contributed by atoms with Gasteiger partial charge in [-0.15, -0.1) is 6.42 Å². The van der Waals surface area contributed by atoms with Crippen LogP contribution in [-0.2, 0) is 95.0 Å². The average Bonchev–Trinajstić information content (AvgIpc) is 4.23. The fraction of sp³-hybridized carbons (Fsp3) is 0.680. The fourth-order valence-corrected chi connectivity index (χ4v) is 8.37. The number of hydrogen-bond donors (Lipinski definition) is 6. The summed E-state index contributed by atoms with van der Waals surface area (Å²) < 4.78 is 81.1. The van der Waals surface area contributed by atoms with E-state index in [-0.39, 0.29) is 109 Å². The number of methoxy groups -OCH3 is 2. The van der Waals surface area contributed by atoms with Crippen LogP contribution in [-0.4, -0.2) is 233 Å². The maximum Gasteiger partial charge on any atom is 0.508 e. The van der Waals surface area contributed by atoms with Crippen LogP contribution in [0.15, 0.2) is 33.7 Å². The van der Waals surface area contributed by atoms with Gasteiger partial charge >= 0.3 is 36.3 Å². The Kier molecular flexibility index (Phi) is 29.1. The van der Waals surface area contributed by atoms with E-state index in [4.69, 9.17) is 100 Å². The third-order valence-electron chi connectivity index (χ3n) is 12.2. The first-order valence-electron chi connectivity index (χ1n) is 26.1. The molecule has 458 valence electrons. The van der Waals surface area contributed by atoms with Gasteiger partial charge in [-0.3, -0.25) is 14.4 Å². The van der Waals surface area contributed by atoms with Gasteiger partial charge in [0.25, 0.3) is 0 Å². The van der Waals surface area contributed by atoms with E-state index >= 15 is 0 Å². The highest BCUT2D eigenvalue weighted by Gasteiger charge is 2.51. The molecule has 4 aliphatic heterocycles. The van der Waals surface area contributed by atoms with Crippen LogP contribution in [0.4, 0.5) is 14.4 Å². The summed E-state index contributed by atoms with van der Waals surface area (Å²) in [5.41, 5.74) is 22.6. The van der Waals surface area contributed by atoms with E-state index in [1.807, 2.05) is 0 Å². The van der Waals surface area contributed by atoms with Crippen molar-refractivity contribution in [3.63, 3.8) is 0 Å². The lowest BCUT2D eigenvalue weighted by Gasteiger charge is -2.39. The molecule has 82 heavy (non-hydrogen) atoms. The molecule has 4 rings (SSSR count). The van der Waals surface area contributed by atoms with Crippen LogP contribution in [0, 0.1) is 18.3 Å². The van der Waals surface area contributed by atoms with Crippen molar-refractivity contribution in [2.75, 3.05) is 113 Å². The van der Waals surface area contributed by atoms with Gasteiger partial charge < -0.3 is 110 Å². The Morgan fingerprint density at radius 2 is 1.22 bits per heavy atom. The number of aliphatic imine (C=N–C) groups is 2. The quantitative estimate of drug-likeness (QED) is 0.00977. The number of guanidine groups is 2. The van der Waals surface area contributed by atoms with Crippen LogP contribution in [0.25, 0.3) is 0 Å². The number of unbranched alkanes of at least 4 members (excludes halogenated alkanes) is 1. The molecule has 0 aromatic heterocycles. The van der Waals surface area contributed by atoms with Gasteiger partial charge in [-0.2, -0.15) is 0 Å². The highest BCUT2D eigenvalue weighted by atomic mass is 16.8. The molecule has 2 saturated heterocycles. The molecule has 0 radical (unpaired) electrons. The monoisotopic (exact) mass is 1170 g/mol. The molecule has 3 amide bonds. The summed E-state index contributed by atoms with van der Waals surface area (Å²) in [6, 6.07) is -3.14. The number of carbonyl (C=O) groups excluding carboxylic acids is 8. The maximum absolute atomic E-state index is 13.6. The van der Waals surface area contributed by atoms with Crippen molar-refractivity contribution in [1.82, 2.24) is 15.5 Å². The zero-order valence-electron chi connectivity index (χ0n) is 46.2. The number of amides is 3. The predicted octanol–water partition coefficient (Wildman–Crippen LogP) is -2.10. The molecule has 0 bridgehead atoms. The van der Waals surface area contributed by atoms with Crippen LogP contribution in [0.5, 0.6) is 0 Å². The number of esters is 3. The smallest absolute Gasteiger partial charge is 0.479 e. The number of cyclic esters (lactones) is 4. The number of nitrogens with zero attached hydrogens (tertiary/aromatic N) is 3. The Morgan fingerprint density at radius 1 is 0.683 bits per heavy atom. The third kappa shape index (κ3) is 22.9. The number of terminal acetylenes is 1. The maximum atomic E-state index is 13.6. The molecule has 0 unspecified atom stereocenters. The Balaban J connectivity index is 1.34. The minimum atomic E-state index is -1.53. The lowest BCUT2D eigenvalue weighted by Crippen LogP contribution is -2.61. The van der Waals surface area contributed by atoms with Crippen LogP contribution < -0.4 is 33.6 Å². The molecule has 10 N–H and O–H groups in total. The van der Waals surface area contributed by atoms with Gasteiger partial charge in [0.15, 0.2) is 42.4 Å². The summed E-state index contributed by atoms with van der Waals surface area (Å²) in [4.78, 5) is 112. The highest BCUT2D eigenvalue weighted by Crippen LogP contribution is 2.33. The molecule has 4 heterocycles. The van der Waals surface area contributed by atoms with Gasteiger partial charge in [0.05, 0.1) is 91.6 Å². The normalized spacial score (nSPS) is 22.4. The van der Waals surface area contributed by atoms with Crippen molar-refractivity contribution < 1.29 is 109 Å². The van der Waals surface area contributed by atoms with Gasteiger partial charge in [0, 0.05) is 45.5 Å². The third-order valence-corrected chi connectivity index (χ3v) is 12.2. The largest absolute Gasteiger partial charge is 0.508 e. The number of ether oxygens (including phenoxy) is 15. The predicted molar refractivity (Wildman–Crippen MR) is 279 cm³/mol. The van der Waals surface area contributed by atoms with Crippen LogP contribution in [0.3, 0.4) is 0 Å². The van der Waals surface area contributed by atoms with Crippen LogP contribution in [0.1, 0.15) is 46.0 Å². The topological polar surface area (TPSA) is 431 Å². The molecule has 0 saturated carbocycles. The van der Waals surface area contributed by atoms with E-state index in [1.165, 1.54) is 19.1 Å². The summed E-state index contributed by atoms with van der Waals surface area (Å²) in [7, 11) is 2.24. The zero-order chi connectivity index (χ0) is 60.0. The van der Waals surface area contributed by atoms with E-state index in [1.54, 1.807) is 11.8 Å². The molecule has 10 atom stereocenters. The van der Waals surface area contributed by atoms with Crippen molar-refractivity contribution in [3.8, 4) is 12.3 Å². The van der Waals surface area contributed by atoms with E-state index in [0.29, 0.717) is 39.3 Å². The summed E-state index contributed by atoms with van der Waals surface area (Å²) in [5, 5.41) is 5.25. The summed E-state index contributed by atoms with van der Waals surface area (Å²) in [5.74, 6) is -2.96. The van der Waals surface area contributed by atoms with Crippen molar-refractivity contribution in [3.05, 3.63) is 23.7 Å². The van der Waals surface area contributed by atoms with Gasteiger partial charge in [-0.1, -0.05) is 12.8 Å². The first kappa shape index (κ1) is 66.7. The van der Waals surface area contributed by atoms with E-state index in [9.17, 15) is 38.4 Å². The highest BCUT2D eigenvalue weighted by molar-refractivity contribution is 5.87. The molecule has 2 fully saturated rings. The Morgan fingerprint density at radius 3 is 1.77 bits per heavy atom. The number of carbonyl (C=O) groups is 8. The number of alkyl carbamates (subject to hydrolysis) is 1. The van der Waals surface area contributed by atoms with Gasteiger partial charge in [0.2, 0.25) is 23.3 Å². The van der Waals surface area contributed by atoms with E-state index in [0.717, 1.165) is 14.2 Å². The number of nitrogens with two attached hydrogens (primary N) is 4. The molecular formula is C50H75N9O23. The lowest BCUT2D eigenvalue weighted by atomic mass is 9.87. The molecule has 4 aliphatic rings. The average molecular weight is 1170 g/mol. The second-order valence-corrected chi connectivity index (χ2v) is 18.2. The molecule has 32 heteroatoms. The second kappa shape index (κ2) is 35.8. The number of nitrogens with one attached hydrogen (secondary N) is 2. The minimum Gasteiger partial charge on any atom is -0.479 e. The second-order valence-electron chi connectivity index (χ2n) is 18.2. The standard InChI is InChI=1S/C50H75N9O23/c1-6-15-70-19-21-73-23-24-74-22-20-72-17-11-37(61)59(14-18-71-16-9-10-38(62)81-41(35-27-75-49(66)79-35)40-29(2)31(57-46(51)52)25-33(77-40)44(63)68-4)13-8-7-12-55-48(65)82-42(36-28-76-50(67)80-36)43-39(56-30(3)60)32(58-47(53)54)26-34(78-43)45(64)69-5/h1,25-26,29,31-32,35-36,39-43H,7-24,27-28H2,2-5H3,(H,55,65)(H,56,60)(H4,51,52,57)(H4,53,54,58)/t29-,31+,32+,35-,36-,39-,40-,41-,42-,43-/m1/s1. The van der Waals surface area contributed by atoms with Crippen LogP contribution >= 0.6 is 0 Å². The van der Waals surface area contributed by atoms with Crippen molar-refractivity contribution in [2.24, 2.45) is 38.8 Å². The summed E-state index contributed by atoms with van der Waals surface area (Å²) in [6.45, 7) is 4.77. The molecule has 0 spiro atoms. The first-order chi connectivity index (χ1) is 39.3.